The molecule has 1 unspecified atom stereocenters. The van der Waals surface area contributed by atoms with Crippen LogP contribution in [0, 0.1) is 0 Å². The molecule has 2 rings (SSSR count). The first kappa shape index (κ1) is 15.6. The van der Waals surface area contributed by atoms with E-state index in [0.717, 1.165) is 10.2 Å². The number of carboxylic acid groups (broad SMARTS) is 1. The van der Waals surface area contributed by atoms with Gasteiger partial charge in [-0.05, 0) is 12.1 Å². The molecule has 0 aliphatic carbocycles. The van der Waals surface area contributed by atoms with E-state index in [1.807, 2.05) is 24.3 Å². The normalized spacial score (nSPS) is 13.8. The van der Waals surface area contributed by atoms with Crippen molar-refractivity contribution in [2.75, 3.05) is 5.75 Å². The van der Waals surface area contributed by atoms with Crippen LogP contribution in [0.4, 0.5) is 0 Å². The number of fused-ring (bicyclic) bond motifs is 1. The second kappa shape index (κ2) is 6.77. The Kier molecular flexibility index (Phi) is 5.03. The Bertz CT molecular complexity index is 665. The molecule has 21 heavy (non-hydrogen) atoms. The first-order chi connectivity index (χ1) is 9.95. The predicted molar refractivity (Wildman–Crippen MR) is 81.6 cm³/mol. The highest BCUT2D eigenvalue weighted by Crippen LogP contribution is 2.22. The molecule has 0 fully saturated rings. The lowest BCUT2D eigenvalue weighted by Crippen LogP contribution is -2.43. The third-order valence-corrected chi connectivity index (χ3v) is 5.17. The summed E-state index contributed by atoms with van der Waals surface area (Å²) in [5.41, 5.74) is 0.839. The summed E-state index contributed by atoms with van der Waals surface area (Å²) in [6.07, 6.45) is 0. The largest absolute Gasteiger partial charge is 0.480 e. The molecule has 0 saturated carbocycles. The number of amides is 1. The van der Waals surface area contributed by atoms with Crippen molar-refractivity contribution in [2.24, 2.45) is 0 Å². The summed E-state index contributed by atoms with van der Waals surface area (Å²) in [5, 5.41) is 12.0. The molecule has 1 aromatic carbocycles. The van der Waals surface area contributed by atoms with Crippen LogP contribution in [0.3, 0.4) is 0 Å². The number of rotatable bonds is 6. The lowest BCUT2D eigenvalue weighted by atomic mass is 10.3. The van der Waals surface area contributed by atoms with Crippen LogP contribution in [0.2, 0.25) is 0 Å². The number of para-hydroxylation sites is 1. The zero-order valence-corrected chi connectivity index (χ0v) is 12.9. The van der Waals surface area contributed by atoms with Gasteiger partial charge in [0.25, 0.3) is 0 Å². The summed E-state index contributed by atoms with van der Waals surface area (Å²) in [5.74, 6) is -1.60. The van der Waals surface area contributed by atoms with Crippen LogP contribution < -0.4 is 5.32 Å². The van der Waals surface area contributed by atoms with Gasteiger partial charge in [0.15, 0.2) is 0 Å². The molecule has 8 heteroatoms. The van der Waals surface area contributed by atoms with Crippen molar-refractivity contribution in [3.63, 3.8) is 0 Å². The molecular formula is C13H14N2O4S2. The molecule has 2 aromatic rings. The van der Waals surface area contributed by atoms with Crippen LogP contribution in [-0.2, 0) is 26.1 Å². The maximum Gasteiger partial charge on any atom is 0.327 e. The smallest absolute Gasteiger partial charge is 0.327 e. The topological polar surface area (TPSA) is 96.4 Å². The third-order valence-electron chi connectivity index (χ3n) is 2.65. The zero-order valence-electron chi connectivity index (χ0n) is 11.2. The fourth-order valence-corrected chi connectivity index (χ4v) is 4.23. The standard InChI is InChI=1S/C13H14N2O4S2/c1-8(16)14-10(13(17)18)6-21(19)7-12-15-9-4-2-3-5-11(9)20-12/h2-5,10H,6-7H2,1H3,(H,14,16)(H,17,18)/t10-,21?/m0/s1. The van der Waals surface area contributed by atoms with E-state index < -0.39 is 28.7 Å². The Labute approximate surface area is 127 Å². The molecule has 0 spiro atoms. The van der Waals surface area contributed by atoms with Gasteiger partial charge in [-0.25, -0.2) is 9.78 Å². The van der Waals surface area contributed by atoms with Gasteiger partial charge >= 0.3 is 5.97 Å². The van der Waals surface area contributed by atoms with Gasteiger partial charge in [0, 0.05) is 17.7 Å². The number of benzene rings is 1. The van der Waals surface area contributed by atoms with Gasteiger partial charge in [0.1, 0.15) is 11.0 Å². The van der Waals surface area contributed by atoms with Crippen LogP contribution in [0.1, 0.15) is 11.9 Å². The van der Waals surface area contributed by atoms with E-state index in [1.165, 1.54) is 18.3 Å². The molecule has 0 aliphatic heterocycles. The summed E-state index contributed by atoms with van der Waals surface area (Å²) in [6.45, 7) is 1.23. The second-order valence-electron chi connectivity index (χ2n) is 4.42. The Morgan fingerprint density at radius 3 is 2.76 bits per heavy atom. The monoisotopic (exact) mass is 326 g/mol. The van der Waals surface area contributed by atoms with Crippen LogP contribution >= 0.6 is 11.3 Å². The van der Waals surface area contributed by atoms with Crippen LogP contribution in [0.25, 0.3) is 10.2 Å². The van der Waals surface area contributed by atoms with E-state index in [9.17, 15) is 13.8 Å². The van der Waals surface area contributed by atoms with E-state index in [4.69, 9.17) is 5.11 Å². The number of aliphatic carboxylic acids is 1. The zero-order chi connectivity index (χ0) is 15.4. The number of carboxylic acids is 1. The van der Waals surface area contributed by atoms with Crippen molar-refractivity contribution in [3.8, 4) is 0 Å². The van der Waals surface area contributed by atoms with E-state index in [0.29, 0.717) is 5.01 Å². The average molecular weight is 326 g/mol. The highest BCUT2D eigenvalue weighted by atomic mass is 32.2. The Hall–Kier alpha value is -1.80. The van der Waals surface area contributed by atoms with Gasteiger partial charge in [-0.3, -0.25) is 9.00 Å². The molecule has 1 heterocycles. The third kappa shape index (κ3) is 4.33. The van der Waals surface area contributed by atoms with Crippen molar-refractivity contribution in [1.29, 1.82) is 0 Å². The number of thiazole rings is 1. The maximum absolute atomic E-state index is 12.0. The molecule has 1 aromatic heterocycles. The highest BCUT2D eigenvalue weighted by molar-refractivity contribution is 7.84. The van der Waals surface area contributed by atoms with Crippen molar-refractivity contribution >= 4 is 44.2 Å². The van der Waals surface area contributed by atoms with Crippen molar-refractivity contribution < 1.29 is 18.9 Å². The number of carbonyl (C=O) groups is 2. The molecule has 112 valence electrons. The Morgan fingerprint density at radius 2 is 2.14 bits per heavy atom. The lowest BCUT2D eigenvalue weighted by molar-refractivity contribution is -0.140. The summed E-state index contributed by atoms with van der Waals surface area (Å²) in [6, 6.07) is 6.43. The number of hydrogen-bond donors (Lipinski definition) is 2. The summed E-state index contributed by atoms with van der Waals surface area (Å²) in [4.78, 5) is 26.3. The van der Waals surface area contributed by atoms with Gasteiger partial charge in [-0.1, -0.05) is 12.1 Å². The van der Waals surface area contributed by atoms with E-state index >= 15 is 0 Å². The van der Waals surface area contributed by atoms with E-state index in [-0.39, 0.29) is 11.5 Å². The van der Waals surface area contributed by atoms with Gasteiger partial charge in [0.05, 0.1) is 21.7 Å². The van der Waals surface area contributed by atoms with Crippen molar-refractivity contribution in [3.05, 3.63) is 29.3 Å². The van der Waals surface area contributed by atoms with Crippen LogP contribution in [0.5, 0.6) is 0 Å². The highest BCUT2D eigenvalue weighted by Gasteiger charge is 2.22. The molecule has 6 nitrogen and oxygen atoms in total. The number of carbonyl (C=O) groups excluding carboxylic acids is 1. The molecule has 2 N–H and O–H groups in total. The van der Waals surface area contributed by atoms with E-state index in [1.54, 1.807) is 0 Å². The number of aromatic nitrogens is 1. The van der Waals surface area contributed by atoms with Crippen LogP contribution in [0.15, 0.2) is 24.3 Å². The minimum atomic E-state index is -1.41. The van der Waals surface area contributed by atoms with Crippen molar-refractivity contribution in [1.82, 2.24) is 10.3 Å². The van der Waals surface area contributed by atoms with E-state index in [2.05, 4.69) is 10.3 Å². The van der Waals surface area contributed by atoms with Crippen LogP contribution in [-0.4, -0.2) is 38.0 Å². The average Bonchev–Trinajstić information content (AvgIpc) is 2.79. The molecule has 2 atom stereocenters. The number of nitrogens with zero attached hydrogens (tertiary/aromatic N) is 1. The summed E-state index contributed by atoms with van der Waals surface area (Å²) in [7, 11) is -1.41. The lowest BCUT2D eigenvalue weighted by Gasteiger charge is -2.12. The summed E-state index contributed by atoms with van der Waals surface area (Å²) >= 11 is 1.44. The first-order valence-electron chi connectivity index (χ1n) is 6.15. The maximum atomic E-state index is 12.0. The fraction of sp³-hybridized carbons (Fsp3) is 0.308. The predicted octanol–water partition coefficient (Wildman–Crippen LogP) is 1.13. The molecule has 0 saturated heterocycles. The van der Waals surface area contributed by atoms with Gasteiger partial charge < -0.3 is 10.4 Å². The SMILES string of the molecule is CC(=O)N[C@@H](CS(=O)Cc1nc2ccccc2s1)C(=O)O. The first-order valence-corrected chi connectivity index (χ1v) is 8.45. The van der Waals surface area contributed by atoms with Gasteiger partial charge in [0.2, 0.25) is 5.91 Å². The quantitative estimate of drug-likeness (QED) is 0.829. The minimum Gasteiger partial charge on any atom is -0.480 e. The number of nitrogens with one attached hydrogen (secondary N) is 1. The van der Waals surface area contributed by atoms with Crippen molar-refractivity contribution in [2.45, 2.75) is 18.7 Å². The fourth-order valence-electron chi connectivity index (χ4n) is 1.78. The Morgan fingerprint density at radius 1 is 1.43 bits per heavy atom. The molecule has 0 bridgehead atoms. The molecule has 0 radical (unpaired) electrons. The minimum absolute atomic E-state index is 0.134. The molecular weight excluding hydrogens is 312 g/mol. The van der Waals surface area contributed by atoms with Gasteiger partial charge in [-0.15, -0.1) is 11.3 Å². The second-order valence-corrected chi connectivity index (χ2v) is 7.03. The summed E-state index contributed by atoms with van der Waals surface area (Å²) < 4.78 is 13.0. The number of hydrogen-bond acceptors (Lipinski definition) is 5. The molecule has 1 amide bonds. The van der Waals surface area contributed by atoms with Gasteiger partial charge in [-0.2, -0.15) is 0 Å². The molecule has 0 aliphatic rings. The Balaban J connectivity index is 2.03.